The second-order valence-electron chi connectivity index (χ2n) is 4.55. The summed E-state index contributed by atoms with van der Waals surface area (Å²) >= 11 is 1.35. The summed E-state index contributed by atoms with van der Waals surface area (Å²) in [5, 5.41) is 5.16. The largest absolute Gasteiger partial charge is 0.302 e. The Morgan fingerprint density at radius 2 is 2.25 bits per heavy atom. The Labute approximate surface area is 121 Å². The molecule has 20 heavy (non-hydrogen) atoms. The van der Waals surface area contributed by atoms with E-state index in [4.69, 9.17) is 0 Å². The molecule has 2 aromatic rings. The molecular formula is C15H17FN2OS. The number of aromatic nitrogens is 1. The predicted molar refractivity (Wildman–Crippen MR) is 80.3 cm³/mol. The first kappa shape index (κ1) is 14.7. The van der Waals surface area contributed by atoms with E-state index in [1.807, 2.05) is 5.38 Å². The van der Waals surface area contributed by atoms with Crippen LogP contribution in [0.4, 0.5) is 9.52 Å². The minimum Gasteiger partial charge on any atom is -0.302 e. The first-order chi connectivity index (χ1) is 9.69. The van der Waals surface area contributed by atoms with Crippen LogP contribution in [-0.2, 0) is 4.79 Å². The van der Waals surface area contributed by atoms with Crippen molar-refractivity contribution in [3.8, 4) is 11.3 Å². The Kier molecular flexibility index (Phi) is 5.24. The predicted octanol–water partition coefficient (Wildman–Crippen LogP) is 4.47. The molecule has 2 rings (SSSR count). The summed E-state index contributed by atoms with van der Waals surface area (Å²) in [7, 11) is 0. The first-order valence-electron chi connectivity index (χ1n) is 6.70. The Morgan fingerprint density at radius 1 is 1.40 bits per heavy atom. The molecule has 0 saturated heterocycles. The second kappa shape index (κ2) is 7.14. The highest BCUT2D eigenvalue weighted by atomic mass is 32.1. The number of thiazole rings is 1. The highest BCUT2D eigenvalue weighted by Gasteiger charge is 2.08. The van der Waals surface area contributed by atoms with E-state index >= 15 is 0 Å². The molecule has 0 fully saturated rings. The number of anilines is 1. The van der Waals surface area contributed by atoms with Crippen molar-refractivity contribution < 1.29 is 9.18 Å². The number of nitrogens with one attached hydrogen (secondary N) is 1. The number of carbonyl (C=O) groups excluding carboxylic acids is 1. The molecule has 0 bridgehead atoms. The molecule has 1 amide bonds. The lowest BCUT2D eigenvalue weighted by molar-refractivity contribution is -0.116. The van der Waals surface area contributed by atoms with Crippen molar-refractivity contribution in [2.75, 3.05) is 5.32 Å². The van der Waals surface area contributed by atoms with Crippen LogP contribution >= 0.6 is 11.3 Å². The molecule has 0 unspecified atom stereocenters. The van der Waals surface area contributed by atoms with Gasteiger partial charge in [0.1, 0.15) is 5.82 Å². The van der Waals surface area contributed by atoms with Gasteiger partial charge in [-0.05, 0) is 18.6 Å². The van der Waals surface area contributed by atoms with E-state index in [1.165, 1.54) is 23.5 Å². The van der Waals surface area contributed by atoms with Gasteiger partial charge in [0, 0.05) is 17.4 Å². The summed E-state index contributed by atoms with van der Waals surface area (Å²) in [6, 6.07) is 6.27. The molecule has 1 heterocycles. The molecule has 0 aliphatic carbocycles. The van der Waals surface area contributed by atoms with Crippen LogP contribution in [0.2, 0.25) is 0 Å². The SMILES string of the molecule is CCCCCC(=O)Nc1nc(-c2cccc(F)c2)cs1. The number of hydrogen-bond acceptors (Lipinski definition) is 3. The van der Waals surface area contributed by atoms with Gasteiger partial charge in [-0.3, -0.25) is 4.79 Å². The Hall–Kier alpha value is -1.75. The van der Waals surface area contributed by atoms with Crippen molar-refractivity contribution in [2.24, 2.45) is 0 Å². The van der Waals surface area contributed by atoms with E-state index in [2.05, 4.69) is 17.2 Å². The summed E-state index contributed by atoms with van der Waals surface area (Å²) in [5.41, 5.74) is 1.39. The van der Waals surface area contributed by atoms with E-state index in [9.17, 15) is 9.18 Å². The fourth-order valence-corrected chi connectivity index (χ4v) is 2.56. The van der Waals surface area contributed by atoms with E-state index in [1.54, 1.807) is 12.1 Å². The molecule has 0 saturated carbocycles. The molecule has 1 aromatic heterocycles. The minimum atomic E-state index is -0.291. The van der Waals surface area contributed by atoms with Gasteiger partial charge in [0.2, 0.25) is 5.91 Å². The van der Waals surface area contributed by atoms with Crippen LogP contribution in [0.1, 0.15) is 32.6 Å². The van der Waals surface area contributed by atoms with Gasteiger partial charge in [-0.1, -0.05) is 31.9 Å². The minimum absolute atomic E-state index is 0.0152. The van der Waals surface area contributed by atoms with Crippen LogP contribution in [-0.4, -0.2) is 10.9 Å². The highest BCUT2D eigenvalue weighted by Crippen LogP contribution is 2.25. The van der Waals surface area contributed by atoms with Gasteiger partial charge in [0.25, 0.3) is 0 Å². The zero-order chi connectivity index (χ0) is 14.4. The maximum absolute atomic E-state index is 13.1. The van der Waals surface area contributed by atoms with Crippen molar-refractivity contribution >= 4 is 22.4 Å². The van der Waals surface area contributed by atoms with Gasteiger partial charge in [-0.15, -0.1) is 11.3 Å². The summed E-state index contributed by atoms with van der Waals surface area (Å²) in [6.07, 6.45) is 3.56. The summed E-state index contributed by atoms with van der Waals surface area (Å²) in [5.74, 6) is -0.306. The van der Waals surface area contributed by atoms with Gasteiger partial charge >= 0.3 is 0 Å². The maximum Gasteiger partial charge on any atom is 0.226 e. The van der Waals surface area contributed by atoms with Crippen LogP contribution in [0.15, 0.2) is 29.6 Å². The van der Waals surface area contributed by atoms with Gasteiger partial charge in [0.05, 0.1) is 5.69 Å². The number of rotatable bonds is 6. The standard InChI is InChI=1S/C15H17FN2OS/c1-2-3-4-8-14(19)18-15-17-13(10-20-15)11-6-5-7-12(16)9-11/h5-7,9-10H,2-4,8H2,1H3,(H,17,18,19). The number of nitrogens with zero attached hydrogens (tertiary/aromatic N) is 1. The third kappa shape index (κ3) is 4.13. The monoisotopic (exact) mass is 292 g/mol. The zero-order valence-corrected chi connectivity index (χ0v) is 12.2. The number of benzene rings is 1. The Morgan fingerprint density at radius 3 is 3.00 bits per heavy atom. The molecule has 1 aromatic carbocycles. The van der Waals surface area contributed by atoms with Crippen molar-refractivity contribution in [1.29, 1.82) is 0 Å². The smallest absolute Gasteiger partial charge is 0.226 e. The fourth-order valence-electron chi connectivity index (χ4n) is 1.83. The van der Waals surface area contributed by atoms with E-state index in [0.717, 1.165) is 19.3 Å². The van der Waals surface area contributed by atoms with Crippen LogP contribution in [0.5, 0.6) is 0 Å². The molecule has 0 aliphatic rings. The lowest BCUT2D eigenvalue weighted by atomic mass is 10.2. The van der Waals surface area contributed by atoms with Crippen LogP contribution in [0.3, 0.4) is 0 Å². The van der Waals surface area contributed by atoms with Crippen LogP contribution in [0, 0.1) is 5.82 Å². The third-order valence-corrected chi connectivity index (χ3v) is 3.64. The number of carbonyl (C=O) groups is 1. The van der Waals surface area contributed by atoms with Crippen molar-refractivity contribution in [2.45, 2.75) is 32.6 Å². The van der Waals surface area contributed by atoms with Gasteiger partial charge < -0.3 is 5.32 Å². The average Bonchev–Trinajstić information content (AvgIpc) is 2.87. The summed E-state index contributed by atoms with van der Waals surface area (Å²) in [4.78, 5) is 16.0. The van der Waals surface area contributed by atoms with E-state index < -0.39 is 0 Å². The van der Waals surface area contributed by atoms with E-state index in [0.29, 0.717) is 22.8 Å². The summed E-state index contributed by atoms with van der Waals surface area (Å²) in [6.45, 7) is 2.10. The molecule has 0 radical (unpaired) electrons. The van der Waals surface area contributed by atoms with Crippen molar-refractivity contribution in [3.05, 3.63) is 35.5 Å². The lowest BCUT2D eigenvalue weighted by Gasteiger charge is -2.00. The zero-order valence-electron chi connectivity index (χ0n) is 11.4. The highest BCUT2D eigenvalue weighted by molar-refractivity contribution is 7.14. The lowest BCUT2D eigenvalue weighted by Crippen LogP contribution is -2.10. The molecular weight excluding hydrogens is 275 g/mol. The summed E-state index contributed by atoms with van der Waals surface area (Å²) < 4.78 is 13.1. The van der Waals surface area contributed by atoms with Crippen molar-refractivity contribution in [3.63, 3.8) is 0 Å². The first-order valence-corrected chi connectivity index (χ1v) is 7.58. The quantitative estimate of drug-likeness (QED) is 0.798. The molecule has 3 nitrogen and oxygen atoms in total. The number of amides is 1. The average molecular weight is 292 g/mol. The molecule has 0 aliphatic heterocycles. The van der Waals surface area contributed by atoms with Crippen LogP contribution < -0.4 is 5.32 Å². The number of halogens is 1. The molecule has 5 heteroatoms. The number of unbranched alkanes of at least 4 members (excludes halogenated alkanes) is 2. The van der Waals surface area contributed by atoms with Gasteiger partial charge in [-0.2, -0.15) is 0 Å². The number of hydrogen-bond donors (Lipinski definition) is 1. The van der Waals surface area contributed by atoms with Crippen molar-refractivity contribution in [1.82, 2.24) is 4.98 Å². The molecule has 106 valence electrons. The van der Waals surface area contributed by atoms with Gasteiger partial charge in [0.15, 0.2) is 5.13 Å². The third-order valence-electron chi connectivity index (χ3n) is 2.88. The Bertz CT molecular complexity index is 583. The molecule has 0 atom stereocenters. The fraction of sp³-hybridized carbons (Fsp3) is 0.333. The van der Waals surface area contributed by atoms with E-state index in [-0.39, 0.29) is 11.7 Å². The van der Waals surface area contributed by atoms with Gasteiger partial charge in [-0.25, -0.2) is 9.37 Å². The second-order valence-corrected chi connectivity index (χ2v) is 5.41. The molecule has 0 spiro atoms. The van der Waals surface area contributed by atoms with Crippen LogP contribution in [0.25, 0.3) is 11.3 Å². The normalized spacial score (nSPS) is 10.5. The Balaban J connectivity index is 1.97. The topological polar surface area (TPSA) is 42.0 Å². The molecule has 1 N–H and O–H groups in total. The maximum atomic E-state index is 13.1.